The lowest BCUT2D eigenvalue weighted by Gasteiger charge is -2.14. The summed E-state index contributed by atoms with van der Waals surface area (Å²) < 4.78 is 5.60. The standard InChI is InChI=1S/C23H24N4O3S/c1-15-9-10-19(18(12-15)21(28)16-6-2-3-7-16)26-22(29)27-23-25-13-17(31-23)14-30-20-8-4-5-11-24-20/h4-5,8-13,16H,2-3,6-7,14H2,1H3,(H2,25,26,27,29). The number of carbonyl (C=O) groups is 2. The quantitative estimate of drug-likeness (QED) is 0.481. The highest BCUT2D eigenvalue weighted by atomic mass is 32.1. The number of ether oxygens (including phenoxy) is 1. The molecule has 0 atom stereocenters. The number of anilines is 2. The number of aromatic nitrogens is 2. The summed E-state index contributed by atoms with van der Waals surface area (Å²) in [6.07, 6.45) is 7.33. The molecule has 1 aliphatic rings. The van der Waals surface area contributed by atoms with E-state index < -0.39 is 6.03 Å². The van der Waals surface area contributed by atoms with E-state index in [1.807, 2.05) is 31.2 Å². The van der Waals surface area contributed by atoms with Crippen LogP contribution in [0.2, 0.25) is 0 Å². The van der Waals surface area contributed by atoms with Gasteiger partial charge in [0.25, 0.3) is 0 Å². The molecule has 0 radical (unpaired) electrons. The van der Waals surface area contributed by atoms with Crippen molar-refractivity contribution in [2.45, 2.75) is 39.2 Å². The minimum absolute atomic E-state index is 0.0473. The van der Waals surface area contributed by atoms with Gasteiger partial charge in [0.05, 0.1) is 10.6 Å². The number of Topliss-reactive ketones (excluding diaryl/α,β-unsaturated/α-hetero) is 1. The second-order valence-electron chi connectivity index (χ2n) is 7.56. The van der Waals surface area contributed by atoms with Crippen molar-refractivity contribution in [2.24, 2.45) is 5.92 Å². The Labute approximate surface area is 184 Å². The molecule has 3 aromatic rings. The van der Waals surface area contributed by atoms with E-state index in [1.54, 1.807) is 24.5 Å². The van der Waals surface area contributed by atoms with Crippen molar-refractivity contribution in [3.05, 3.63) is 64.8 Å². The van der Waals surface area contributed by atoms with Crippen LogP contribution < -0.4 is 15.4 Å². The van der Waals surface area contributed by atoms with E-state index in [-0.39, 0.29) is 11.7 Å². The number of pyridine rings is 1. The Morgan fingerprint density at radius 3 is 2.74 bits per heavy atom. The van der Waals surface area contributed by atoms with Gasteiger partial charge < -0.3 is 10.1 Å². The van der Waals surface area contributed by atoms with Crippen LogP contribution in [0.25, 0.3) is 0 Å². The van der Waals surface area contributed by atoms with Gasteiger partial charge in [0, 0.05) is 29.9 Å². The van der Waals surface area contributed by atoms with E-state index in [0.29, 0.717) is 28.9 Å². The highest BCUT2D eigenvalue weighted by molar-refractivity contribution is 7.15. The molecule has 0 aliphatic heterocycles. The normalized spacial score (nSPS) is 13.7. The van der Waals surface area contributed by atoms with Crippen LogP contribution in [0.1, 0.15) is 46.5 Å². The van der Waals surface area contributed by atoms with Gasteiger partial charge in [0.1, 0.15) is 6.61 Å². The van der Waals surface area contributed by atoms with Gasteiger partial charge in [-0.1, -0.05) is 41.9 Å². The number of nitrogens with one attached hydrogen (secondary N) is 2. The first-order valence-electron chi connectivity index (χ1n) is 10.3. The highest BCUT2D eigenvalue weighted by Gasteiger charge is 2.26. The topological polar surface area (TPSA) is 93.2 Å². The Kier molecular flexibility index (Phi) is 6.57. The van der Waals surface area contributed by atoms with Crippen molar-refractivity contribution in [1.82, 2.24) is 9.97 Å². The van der Waals surface area contributed by atoms with E-state index in [9.17, 15) is 9.59 Å². The van der Waals surface area contributed by atoms with Crippen molar-refractivity contribution in [3.8, 4) is 5.88 Å². The van der Waals surface area contributed by atoms with Gasteiger partial charge in [-0.15, -0.1) is 0 Å². The van der Waals surface area contributed by atoms with Crippen LogP contribution >= 0.6 is 11.3 Å². The molecule has 0 unspecified atom stereocenters. The molecule has 2 amide bonds. The minimum Gasteiger partial charge on any atom is -0.472 e. The van der Waals surface area contributed by atoms with Crippen LogP contribution in [0.5, 0.6) is 5.88 Å². The average Bonchev–Trinajstić information content (AvgIpc) is 3.46. The first kappa shape index (κ1) is 21.0. The first-order chi connectivity index (χ1) is 15.1. The largest absolute Gasteiger partial charge is 0.472 e. The summed E-state index contributed by atoms with van der Waals surface area (Å²) in [7, 11) is 0. The molecule has 0 spiro atoms. The van der Waals surface area contributed by atoms with Crippen molar-refractivity contribution in [2.75, 3.05) is 10.6 Å². The number of rotatable bonds is 7. The number of nitrogens with zero attached hydrogens (tertiary/aromatic N) is 2. The zero-order chi connectivity index (χ0) is 21.6. The zero-order valence-corrected chi connectivity index (χ0v) is 18.1. The maximum Gasteiger partial charge on any atom is 0.325 e. The van der Waals surface area contributed by atoms with E-state index in [1.165, 1.54) is 11.3 Å². The molecular formula is C23H24N4O3S. The van der Waals surface area contributed by atoms with Gasteiger partial charge in [-0.2, -0.15) is 0 Å². The molecule has 1 aliphatic carbocycles. The molecule has 1 fully saturated rings. The van der Waals surface area contributed by atoms with Crippen LogP contribution in [0.4, 0.5) is 15.6 Å². The van der Waals surface area contributed by atoms with Crippen LogP contribution in [-0.2, 0) is 6.61 Å². The van der Waals surface area contributed by atoms with Crippen LogP contribution in [-0.4, -0.2) is 21.8 Å². The molecular weight excluding hydrogens is 412 g/mol. The molecule has 1 saturated carbocycles. The summed E-state index contributed by atoms with van der Waals surface area (Å²) in [6, 6.07) is 10.5. The van der Waals surface area contributed by atoms with Crippen molar-refractivity contribution < 1.29 is 14.3 Å². The Morgan fingerprint density at radius 2 is 1.97 bits per heavy atom. The lowest BCUT2D eigenvalue weighted by molar-refractivity contribution is 0.0923. The number of hydrogen-bond acceptors (Lipinski definition) is 6. The molecule has 160 valence electrons. The molecule has 31 heavy (non-hydrogen) atoms. The fraction of sp³-hybridized carbons (Fsp3) is 0.304. The number of ketones is 1. The third-order valence-electron chi connectivity index (χ3n) is 5.19. The monoisotopic (exact) mass is 436 g/mol. The predicted octanol–water partition coefficient (Wildman–Crippen LogP) is 5.44. The zero-order valence-electron chi connectivity index (χ0n) is 17.3. The molecule has 2 aromatic heterocycles. The number of thiazole rings is 1. The highest BCUT2D eigenvalue weighted by Crippen LogP contribution is 2.31. The molecule has 4 rings (SSSR count). The van der Waals surface area contributed by atoms with Crippen LogP contribution in [0.3, 0.4) is 0 Å². The number of hydrogen-bond donors (Lipinski definition) is 2. The average molecular weight is 437 g/mol. The molecule has 2 N–H and O–H groups in total. The maximum absolute atomic E-state index is 13.0. The van der Waals surface area contributed by atoms with E-state index in [4.69, 9.17) is 4.74 Å². The second-order valence-corrected chi connectivity index (χ2v) is 8.68. The Bertz CT molecular complexity index is 1060. The lowest BCUT2D eigenvalue weighted by Crippen LogP contribution is -2.22. The third-order valence-corrected chi connectivity index (χ3v) is 6.08. The SMILES string of the molecule is Cc1ccc(NC(=O)Nc2ncc(COc3ccccn3)s2)c(C(=O)C2CCCC2)c1. The van der Waals surface area contributed by atoms with E-state index in [2.05, 4.69) is 20.6 Å². The van der Waals surface area contributed by atoms with Gasteiger partial charge in [0.2, 0.25) is 5.88 Å². The Hall–Kier alpha value is -3.26. The van der Waals surface area contributed by atoms with Crippen molar-refractivity contribution in [1.29, 1.82) is 0 Å². The summed E-state index contributed by atoms with van der Waals surface area (Å²) >= 11 is 1.32. The fourth-order valence-electron chi connectivity index (χ4n) is 3.64. The molecule has 2 heterocycles. The van der Waals surface area contributed by atoms with Gasteiger partial charge in [-0.3, -0.25) is 10.1 Å². The van der Waals surface area contributed by atoms with E-state index in [0.717, 1.165) is 36.1 Å². The summed E-state index contributed by atoms with van der Waals surface area (Å²) in [5.41, 5.74) is 2.09. The van der Waals surface area contributed by atoms with Gasteiger partial charge in [-0.05, 0) is 38.0 Å². The van der Waals surface area contributed by atoms with Gasteiger partial charge in [-0.25, -0.2) is 14.8 Å². The molecule has 7 nitrogen and oxygen atoms in total. The Balaban J connectivity index is 1.38. The van der Waals surface area contributed by atoms with Gasteiger partial charge >= 0.3 is 6.03 Å². The number of urea groups is 1. The van der Waals surface area contributed by atoms with Crippen LogP contribution in [0, 0.1) is 12.8 Å². The summed E-state index contributed by atoms with van der Waals surface area (Å²) in [5.74, 6) is 0.688. The summed E-state index contributed by atoms with van der Waals surface area (Å²) in [6.45, 7) is 2.26. The molecule has 1 aromatic carbocycles. The second kappa shape index (κ2) is 9.70. The van der Waals surface area contributed by atoms with Crippen molar-refractivity contribution >= 4 is 34.0 Å². The lowest BCUT2D eigenvalue weighted by atomic mass is 9.94. The smallest absolute Gasteiger partial charge is 0.325 e. The van der Waals surface area contributed by atoms with Crippen LogP contribution in [0.15, 0.2) is 48.8 Å². The number of carbonyl (C=O) groups excluding carboxylic acids is 2. The Morgan fingerprint density at radius 1 is 1.13 bits per heavy atom. The molecule has 0 bridgehead atoms. The third kappa shape index (κ3) is 5.46. The van der Waals surface area contributed by atoms with E-state index >= 15 is 0 Å². The predicted molar refractivity (Wildman–Crippen MR) is 121 cm³/mol. The summed E-state index contributed by atoms with van der Waals surface area (Å²) in [5, 5.41) is 6.00. The fourth-order valence-corrected chi connectivity index (χ4v) is 4.36. The number of benzene rings is 1. The number of aryl methyl sites for hydroxylation is 1. The molecule has 8 heteroatoms. The number of amides is 2. The minimum atomic E-state index is -0.434. The summed E-state index contributed by atoms with van der Waals surface area (Å²) in [4.78, 5) is 34.7. The maximum atomic E-state index is 13.0. The van der Waals surface area contributed by atoms with Gasteiger partial charge in [0.15, 0.2) is 10.9 Å². The molecule has 0 saturated heterocycles. The first-order valence-corrected chi connectivity index (χ1v) is 11.1. The van der Waals surface area contributed by atoms with Crippen molar-refractivity contribution in [3.63, 3.8) is 0 Å².